The summed E-state index contributed by atoms with van der Waals surface area (Å²) in [5.41, 5.74) is 0.534. The molecule has 0 aliphatic rings. The summed E-state index contributed by atoms with van der Waals surface area (Å²) in [5.74, 6) is -1.53. The van der Waals surface area contributed by atoms with E-state index in [1.165, 1.54) is 48.5 Å². The standard InChI is InChI=1S/C16H8Cl2O4/c17-15(21)10-6-4-9(5-7-10)13(19)14(20)11-2-1-3-12(8-11)16(18)22/h1-8H. The molecule has 0 saturated carbocycles. The van der Waals surface area contributed by atoms with E-state index >= 15 is 0 Å². The summed E-state index contributed by atoms with van der Waals surface area (Å²) in [5, 5.41) is -1.37. The largest absolute Gasteiger partial charge is 0.285 e. The summed E-state index contributed by atoms with van der Waals surface area (Å²) in [6.45, 7) is 0. The highest BCUT2D eigenvalue weighted by Crippen LogP contribution is 2.13. The van der Waals surface area contributed by atoms with Gasteiger partial charge in [-0.3, -0.25) is 19.2 Å². The average Bonchev–Trinajstić information content (AvgIpc) is 2.53. The van der Waals surface area contributed by atoms with Crippen LogP contribution in [-0.4, -0.2) is 22.1 Å². The predicted octanol–water partition coefficient (Wildman–Crippen LogP) is 3.51. The van der Waals surface area contributed by atoms with E-state index in [0.29, 0.717) is 0 Å². The average molecular weight is 335 g/mol. The van der Waals surface area contributed by atoms with Gasteiger partial charge in [-0.05, 0) is 41.4 Å². The zero-order valence-electron chi connectivity index (χ0n) is 11.0. The topological polar surface area (TPSA) is 68.3 Å². The highest BCUT2D eigenvalue weighted by atomic mass is 35.5. The minimum atomic E-state index is -0.773. The van der Waals surface area contributed by atoms with Crippen molar-refractivity contribution in [2.45, 2.75) is 0 Å². The number of benzene rings is 2. The van der Waals surface area contributed by atoms with Crippen LogP contribution in [0, 0.1) is 0 Å². The van der Waals surface area contributed by atoms with Gasteiger partial charge in [-0.25, -0.2) is 0 Å². The minimum Gasteiger partial charge on any atom is -0.285 e. The second-order valence-corrected chi connectivity index (χ2v) is 5.05. The van der Waals surface area contributed by atoms with Crippen LogP contribution in [0.2, 0.25) is 0 Å². The van der Waals surface area contributed by atoms with Crippen LogP contribution < -0.4 is 0 Å². The van der Waals surface area contributed by atoms with Crippen LogP contribution in [0.4, 0.5) is 0 Å². The molecule has 0 aromatic heterocycles. The Hall–Kier alpha value is -2.30. The molecule has 0 aliphatic carbocycles. The van der Waals surface area contributed by atoms with E-state index in [1.54, 1.807) is 0 Å². The van der Waals surface area contributed by atoms with Crippen molar-refractivity contribution < 1.29 is 19.2 Å². The molecular weight excluding hydrogens is 327 g/mol. The summed E-state index contributed by atoms with van der Waals surface area (Å²) < 4.78 is 0. The quantitative estimate of drug-likeness (QED) is 0.476. The van der Waals surface area contributed by atoms with E-state index < -0.39 is 22.1 Å². The maximum atomic E-state index is 12.1. The number of hydrogen-bond acceptors (Lipinski definition) is 4. The van der Waals surface area contributed by atoms with Crippen LogP contribution in [0.25, 0.3) is 0 Å². The third kappa shape index (κ3) is 3.47. The molecule has 0 amide bonds. The summed E-state index contributed by atoms with van der Waals surface area (Å²) in [6, 6.07) is 11.0. The van der Waals surface area contributed by atoms with Gasteiger partial charge in [0.05, 0.1) is 0 Å². The van der Waals surface area contributed by atoms with Crippen LogP contribution >= 0.6 is 23.2 Å². The fourth-order valence-corrected chi connectivity index (χ4v) is 2.04. The number of rotatable bonds is 5. The van der Waals surface area contributed by atoms with Crippen molar-refractivity contribution in [3.8, 4) is 0 Å². The molecule has 0 atom stereocenters. The van der Waals surface area contributed by atoms with Crippen molar-refractivity contribution in [1.29, 1.82) is 0 Å². The summed E-state index contributed by atoms with van der Waals surface area (Å²) in [4.78, 5) is 46.3. The van der Waals surface area contributed by atoms with Gasteiger partial charge in [0, 0.05) is 22.3 Å². The maximum absolute atomic E-state index is 12.1. The zero-order chi connectivity index (χ0) is 16.3. The Bertz CT molecular complexity index is 779. The van der Waals surface area contributed by atoms with E-state index in [-0.39, 0.29) is 22.3 Å². The normalized spacial score (nSPS) is 10.1. The number of ketones is 2. The maximum Gasteiger partial charge on any atom is 0.252 e. The Kier molecular flexibility index (Phi) is 4.85. The molecule has 0 N–H and O–H groups in total. The molecule has 2 rings (SSSR count). The monoisotopic (exact) mass is 334 g/mol. The van der Waals surface area contributed by atoms with E-state index in [9.17, 15) is 19.2 Å². The second-order valence-electron chi connectivity index (χ2n) is 4.36. The molecule has 0 fully saturated rings. The minimum absolute atomic E-state index is 0.0639. The first kappa shape index (κ1) is 16.1. The van der Waals surface area contributed by atoms with Crippen LogP contribution in [0.15, 0.2) is 48.5 Å². The lowest BCUT2D eigenvalue weighted by Gasteiger charge is -2.03. The van der Waals surface area contributed by atoms with Gasteiger partial charge >= 0.3 is 0 Å². The predicted molar refractivity (Wildman–Crippen MR) is 81.9 cm³/mol. The van der Waals surface area contributed by atoms with Gasteiger partial charge in [0.2, 0.25) is 11.6 Å². The lowest BCUT2D eigenvalue weighted by Crippen LogP contribution is -2.15. The number of Topliss-reactive ketones (excluding diaryl/α,β-unsaturated/α-hetero) is 2. The van der Waals surface area contributed by atoms with Crippen molar-refractivity contribution in [2.75, 3.05) is 0 Å². The summed E-state index contributed by atoms with van der Waals surface area (Å²) in [7, 11) is 0. The molecule has 2 aromatic rings. The molecule has 4 nitrogen and oxygen atoms in total. The lowest BCUT2D eigenvalue weighted by atomic mass is 9.99. The Labute approximate surface area is 135 Å². The Balaban J connectivity index is 2.29. The van der Waals surface area contributed by atoms with E-state index in [2.05, 4.69) is 0 Å². The van der Waals surface area contributed by atoms with Crippen LogP contribution in [0.5, 0.6) is 0 Å². The lowest BCUT2D eigenvalue weighted by molar-refractivity contribution is 0.0817. The van der Waals surface area contributed by atoms with Crippen LogP contribution in [-0.2, 0) is 0 Å². The Morgan fingerprint density at radius 2 is 1.05 bits per heavy atom. The van der Waals surface area contributed by atoms with Gasteiger partial charge < -0.3 is 0 Å². The van der Waals surface area contributed by atoms with Crippen molar-refractivity contribution in [3.63, 3.8) is 0 Å². The SMILES string of the molecule is O=C(Cl)c1ccc(C(=O)C(=O)c2cccc(C(=O)Cl)c2)cc1. The van der Waals surface area contributed by atoms with Crippen LogP contribution in [0.3, 0.4) is 0 Å². The van der Waals surface area contributed by atoms with E-state index in [0.717, 1.165) is 0 Å². The summed E-state index contributed by atoms with van der Waals surface area (Å²) in [6.07, 6.45) is 0. The number of halogens is 2. The third-order valence-electron chi connectivity index (χ3n) is 2.93. The molecular formula is C16H8Cl2O4. The van der Waals surface area contributed by atoms with E-state index in [1.807, 2.05) is 0 Å². The molecule has 0 aliphatic heterocycles. The van der Waals surface area contributed by atoms with Crippen molar-refractivity contribution in [1.82, 2.24) is 0 Å². The molecule has 110 valence electrons. The molecule has 22 heavy (non-hydrogen) atoms. The highest BCUT2D eigenvalue weighted by Gasteiger charge is 2.19. The van der Waals surface area contributed by atoms with Crippen molar-refractivity contribution >= 4 is 45.3 Å². The molecule has 6 heteroatoms. The Morgan fingerprint density at radius 1 is 0.591 bits per heavy atom. The van der Waals surface area contributed by atoms with Gasteiger partial charge in [-0.1, -0.05) is 30.3 Å². The van der Waals surface area contributed by atoms with E-state index in [4.69, 9.17) is 23.2 Å². The van der Waals surface area contributed by atoms with Crippen molar-refractivity contribution in [2.24, 2.45) is 0 Å². The first-order chi connectivity index (χ1) is 10.4. The first-order valence-corrected chi connectivity index (χ1v) is 6.84. The number of carbonyl (C=O) groups is 4. The Morgan fingerprint density at radius 3 is 1.59 bits per heavy atom. The smallest absolute Gasteiger partial charge is 0.252 e. The molecule has 0 bridgehead atoms. The molecule has 0 saturated heterocycles. The number of carbonyl (C=O) groups excluding carboxylic acids is 4. The van der Waals surface area contributed by atoms with Gasteiger partial charge in [-0.2, -0.15) is 0 Å². The van der Waals surface area contributed by atoms with Gasteiger partial charge in [0.15, 0.2) is 0 Å². The highest BCUT2D eigenvalue weighted by molar-refractivity contribution is 6.68. The van der Waals surface area contributed by atoms with Gasteiger partial charge in [-0.15, -0.1) is 0 Å². The summed E-state index contributed by atoms with van der Waals surface area (Å²) >= 11 is 10.6. The fourth-order valence-electron chi connectivity index (χ4n) is 1.80. The molecule has 0 spiro atoms. The first-order valence-electron chi connectivity index (χ1n) is 6.09. The number of hydrogen-bond donors (Lipinski definition) is 0. The zero-order valence-corrected chi connectivity index (χ0v) is 12.5. The van der Waals surface area contributed by atoms with Gasteiger partial charge in [0.1, 0.15) is 0 Å². The third-order valence-corrected chi connectivity index (χ3v) is 3.37. The molecule has 0 unspecified atom stereocenters. The second kappa shape index (κ2) is 6.64. The molecule has 2 aromatic carbocycles. The van der Waals surface area contributed by atoms with Crippen LogP contribution in [0.1, 0.15) is 41.4 Å². The molecule has 0 radical (unpaired) electrons. The van der Waals surface area contributed by atoms with Gasteiger partial charge in [0.25, 0.3) is 10.5 Å². The van der Waals surface area contributed by atoms with Crippen molar-refractivity contribution in [3.05, 3.63) is 70.8 Å². The molecule has 0 heterocycles. The fraction of sp³-hybridized carbons (Fsp3) is 0.